The van der Waals surface area contributed by atoms with Gasteiger partial charge in [0.1, 0.15) is 11.8 Å². The summed E-state index contributed by atoms with van der Waals surface area (Å²) < 4.78 is 6.82. The SMILES string of the molecule is CCNC(=O)C(Cc1ccccc1)N(Cc1cccc(C)c1)C(=O)COc1ccc(Br)c(C)c1. The number of hydrogen-bond acceptors (Lipinski definition) is 3. The zero-order valence-electron chi connectivity index (χ0n) is 19.9. The number of carbonyl (C=O) groups excluding carboxylic acids is 2. The smallest absolute Gasteiger partial charge is 0.261 e. The quantitative estimate of drug-likeness (QED) is 0.397. The molecule has 0 aromatic heterocycles. The summed E-state index contributed by atoms with van der Waals surface area (Å²) in [6, 6.07) is 22.7. The van der Waals surface area contributed by atoms with Gasteiger partial charge >= 0.3 is 0 Å². The number of nitrogens with zero attached hydrogens (tertiary/aromatic N) is 1. The molecule has 0 bridgehead atoms. The maximum Gasteiger partial charge on any atom is 0.261 e. The molecule has 0 fully saturated rings. The van der Waals surface area contributed by atoms with Crippen LogP contribution in [-0.4, -0.2) is 35.9 Å². The Balaban J connectivity index is 1.89. The molecule has 0 radical (unpaired) electrons. The topological polar surface area (TPSA) is 58.6 Å². The van der Waals surface area contributed by atoms with Crippen LogP contribution < -0.4 is 10.1 Å². The van der Waals surface area contributed by atoms with Crippen LogP contribution in [0.4, 0.5) is 0 Å². The Morgan fingerprint density at radius 2 is 1.71 bits per heavy atom. The van der Waals surface area contributed by atoms with Crippen LogP contribution in [0.25, 0.3) is 0 Å². The minimum absolute atomic E-state index is 0.155. The van der Waals surface area contributed by atoms with E-state index in [9.17, 15) is 9.59 Å². The summed E-state index contributed by atoms with van der Waals surface area (Å²) in [6.07, 6.45) is 0.418. The fourth-order valence-electron chi connectivity index (χ4n) is 3.79. The lowest BCUT2D eigenvalue weighted by atomic mass is 10.0. The molecule has 0 saturated heterocycles. The van der Waals surface area contributed by atoms with Crippen LogP contribution in [0.1, 0.15) is 29.2 Å². The lowest BCUT2D eigenvalue weighted by Crippen LogP contribution is -2.51. The van der Waals surface area contributed by atoms with E-state index < -0.39 is 6.04 Å². The first-order valence-corrected chi connectivity index (χ1v) is 12.2. The molecule has 2 amide bonds. The molecule has 0 aliphatic heterocycles. The van der Waals surface area contributed by atoms with Crippen LogP contribution in [0.15, 0.2) is 77.3 Å². The van der Waals surface area contributed by atoms with Crippen LogP contribution in [0, 0.1) is 13.8 Å². The minimum Gasteiger partial charge on any atom is -0.484 e. The molecule has 0 aliphatic carbocycles. The van der Waals surface area contributed by atoms with Gasteiger partial charge in [0.05, 0.1) is 0 Å². The van der Waals surface area contributed by atoms with Gasteiger partial charge in [0, 0.05) is 24.0 Å². The molecule has 3 aromatic carbocycles. The second kappa shape index (κ2) is 12.4. The van der Waals surface area contributed by atoms with Crippen molar-refractivity contribution in [2.75, 3.05) is 13.2 Å². The van der Waals surface area contributed by atoms with Crippen molar-refractivity contribution >= 4 is 27.7 Å². The van der Waals surface area contributed by atoms with E-state index in [4.69, 9.17) is 4.74 Å². The molecule has 6 heteroatoms. The average molecular weight is 523 g/mol. The van der Waals surface area contributed by atoms with E-state index in [0.717, 1.165) is 26.7 Å². The van der Waals surface area contributed by atoms with Crippen molar-refractivity contribution in [2.24, 2.45) is 0 Å². The van der Waals surface area contributed by atoms with E-state index in [1.165, 1.54) is 0 Å². The fourth-order valence-corrected chi connectivity index (χ4v) is 4.03. The average Bonchev–Trinajstić information content (AvgIpc) is 2.82. The van der Waals surface area contributed by atoms with Crippen molar-refractivity contribution in [1.29, 1.82) is 0 Å². The first-order valence-electron chi connectivity index (χ1n) is 11.4. The van der Waals surface area contributed by atoms with E-state index in [2.05, 4.69) is 21.2 Å². The predicted octanol–water partition coefficient (Wildman–Crippen LogP) is 5.22. The lowest BCUT2D eigenvalue weighted by molar-refractivity contribution is -0.142. The van der Waals surface area contributed by atoms with Crippen molar-refractivity contribution in [1.82, 2.24) is 10.2 Å². The molecule has 0 heterocycles. The Bertz CT molecular complexity index is 1120. The van der Waals surface area contributed by atoms with Crippen LogP contribution in [0.3, 0.4) is 0 Å². The Morgan fingerprint density at radius 3 is 2.38 bits per heavy atom. The summed E-state index contributed by atoms with van der Waals surface area (Å²) in [7, 11) is 0. The molecule has 1 unspecified atom stereocenters. The molecule has 0 spiro atoms. The molecule has 0 aliphatic rings. The van der Waals surface area contributed by atoms with Crippen LogP contribution >= 0.6 is 15.9 Å². The van der Waals surface area contributed by atoms with Crippen LogP contribution in [0.5, 0.6) is 5.75 Å². The van der Waals surface area contributed by atoms with Gasteiger partial charge in [-0.3, -0.25) is 9.59 Å². The lowest BCUT2D eigenvalue weighted by Gasteiger charge is -2.31. The van der Waals surface area contributed by atoms with Gasteiger partial charge in [-0.15, -0.1) is 0 Å². The summed E-state index contributed by atoms with van der Waals surface area (Å²) in [5.41, 5.74) is 4.08. The molecule has 3 aromatic rings. The second-order valence-electron chi connectivity index (χ2n) is 8.31. The number of carbonyl (C=O) groups is 2. The number of amides is 2. The molecular formula is C28H31BrN2O3. The zero-order valence-corrected chi connectivity index (χ0v) is 21.5. The molecule has 178 valence electrons. The van der Waals surface area contributed by atoms with Gasteiger partial charge in [-0.05, 0) is 55.7 Å². The Morgan fingerprint density at radius 1 is 0.971 bits per heavy atom. The maximum absolute atomic E-state index is 13.5. The highest BCUT2D eigenvalue weighted by Crippen LogP contribution is 2.22. The summed E-state index contributed by atoms with van der Waals surface area (Å²) in [5, 5.41) is 2.91. The van der Waals surface area contributed by atoms with Gasteiger partial charge < -0.3 is 15.0 Å². The van der Waals surface area contributed by atoms with Crippen LogP contribution in [0.2, 0.25) is 0 Å². The number of nitrogens with one attached hydrogen (secondary N) is 1. The first kappa shape index (κ1) is 25.5. The largest absolute Gasteiger partial charge is 0.484 e. The third-order valence-electron chi connectivity index (χ3n) is 5.55. The summed E-state index contributed by atoms with van der Waals surface area (Å²) in [6.45, 7) is 6.51. The van der Waals surface area contributed by atoms with Gasteiger partial charge in [-0.1, -0.05) is 76.1 Å². The van der Waals surface area contributed by atoms with E-state index >= 15 is 0 Å². The number of halogens is 1. The van der Waals surface area contributed by atoms with Crippen LogP contribution in [-0.2, 0) is 22.6 Å². The number of likely N-dealkylation sites (N-methyl/N-ethyl adjacent to an activating group) is 1. The van der Waals surface area contributed by atoms with E-state index in [0.29, 0.717) is 25.3 Å². The predicted molar refractivity (Wildman–Crippen MR) is 139 cm³/mol. The molecule has 34 heavy (non-hydrogen) atoms. The third kappa shape index (κ3) is 7.19. The summed E-state index contributed by atoms with van der Waals surface area (Å²) in [4.78, 5) is 28.3. The monoisotopic (exact) mass is 522 g/mol. The fraction of sp³-hybridized carbons (Fsp3) is 0.286. The highest BCUT2D eigenvalue weighted by Gasteiger charge is 2.30. The van der Waals surface area contributed by atoms with Crippen molar-refractivity contribution in [3.8, 4) is 5.75 Å². The summed E-state index contributed by atoms with van der Waals surface area (Å²) >= 11 is 3.48. The Labute approximate surface area is 210 Å². The number of ether oxygens (including phenoxy) is 1. The Kier molecular flexibility index (Phi) is 9.28. The molecule has 3 rings (SSSR count). The van der Waals surface area contributed by atoms with Gasteiger partial charge in [0.15, 0.2) is 6.61 Å². The van der Waals surface area contributed by atoms with Gasteiger partial charge in [-0.25, -0.2) is 0 Å². The molecule has 1 N–H and O–H groups in total. The number of rotatable bonds is 10. The molecule has 1 atom stereocenters. The maximum atomic E-state index is 13.5. The third-order valence-corrected chi connectivity index (χ3v) is 6.44. The molecule has 0 saturated carbocycles. The normalized spacial score (nSPS) is 11.5. The van der Waals surface area contributed by atoms with E-state index in [1.54, 1.807) is 4.90 Å². The minimum atomic E-state index is -0.661. The number of hydrogen-bond donors (Lipinski definition) is 1. The zero-order chi connectivity index (χ0) is 24.5. The van der Waals surface area contributed by atoms with E-state index in [-0.39, 0.29) is 18.4 Å². The van der Waals surface area contributed by atoms with Crippen molar-refractivity contribution < 1.29 is 14.3 Å². The standard InChI is InChI=1S/C28H31BrN2O3/c1-4-30-28(33)26(17-22-10-6-5-7-11-22)31(18-23-12-8-9-20(2)15-23)27(32)19-34-24-13-14-25(29)21(3)16-24/h5-16,26H,4,17-19H2,1-3H3,(H,30,33). The molecular weight excluding hydrogens is 492 g/mol. The van der Waals surface area contributed by atoms with Gasteiger partial charge in [0.2, 0.25) is 5.91 Å². The van der Waals surface area contributed by atoms with Gasteiger partial charge in [-0.2, -0.15) is 0 Å². The highest BCUT2D eigenvalue weighted by molar-refractivity contribution is 9.10. The van der Waals surface area contributed by atoms with Crippen molar-refractivity contribution in [3.63, 3.8) is 0 Å². The first-order chi connectivity index (χ1) is 16.4. The number of benzene rings is 3. The number of aryl methyl sites for hydroxylation is 2. The molecule has 5 nitrogen and oxygen atoms in total. The van der Waals surface area contributed by atoms with Crippen molar-refractivity contribution in [3.05, 3.63) is 99.5 Å². The highest BCUT2D eigenvalue weighted by atomic mass is 79.9. The Hall–Kier alpha value is -3.12. The second-order valence-corrected chi connectivity index (χ2v) is 9.16. The van der Waals surface area contributed by atoms with Gasteiger partial charge in [0.25, 0.3) is 5.91 Å². The van der Waals surface area contributed by atoms with Crippen molar-refractivity contribution in [2.45, 2.75) is 39.8 Å². The summed E-state index contributed by atoms with van der Waals surface area (Å²) in [5.74, 6) is 0.197. The van der Waals surface area contributed by atoms with E-state index in [1.807, 2.05) is 93.6 Å².